The van der Waals surface area contributed by atoms with Crippen molar-refractivity contribution in [3.05, 3.63) is 33.4 Å². The Morgan fingerprint density at radius 2 is 2.44 bits per heavy atom. The Hall–Kier alpha value is -1.76. The fraction of sp³-hybridized carbons (Fsp3) is 0.364. The van der Waals surface area contributed by atoms with E-state index in [9.17, 15) is 9.59 Å². The zero-order chi connectivity index (χ0) is 12.7. The molecule has 0 bridgehead atoms. The molecule has 0 unspecified atom stereocenters. The van der Waals surface area contributed by atoms with Crippen molar-refractivity contribution in [1.82, 2.24) is 14.6 Å². The summed E-state index contributed by atoms with van der Waals surface area (Å²) in [6, 6.07) is 0. The van der Waals surface area contributed by atoms with Gasteiger partial charge in [0.2, 0.25) is 0 Å². The Morgan fingerprint density at radius 3 is 3.22 bits per heavy atom. The van der Waals surface area contributed by atoms with Crippen LogP contribution >= 0.6 is 11.8 Å². The van der Waals surface area contributed by atoms with Crippen LogP contribution in [-0.2, 0) is 16.2 Å². The first kappa shape index (κ1) is 11.3. The number of carbonyl (C=O) groups is 1. The summed E-state index contributed by atoms with van der Waals surface area (Å²) in [5.41, 5.74) is 2.18. The van der Waals surface area contributed by atoms with E-state index in [0.717, 1.165) is 17.0 Å². The number of aromatic nitrogens is 3. The van der Waals surface area contributed by atoms with E-state index in [1.54, 1.807) is 23.2 Å². The first-order valence-corrected chi connectivity index (χ1v) is 6.74. The number of rotatable bonds is 2. The van der Waals surface area contributed by atoms with Gasteiger partial charge in [-0.1, -0.05) is 0 Å². The van der Waals surface area contributed by atoms with Crippen molar-refractivity contribution in [2.45, 2.75) is 18.4 Å². The van der Waals surface area contributed by atoms with Gasteiger partial charge in [-0.15, -0.1) is 0 Å². The fourth-order valence-corrected chi connectivity index (χ4v) is 3.11. The Morgan fingerprint density at radius 1 is 1.61 bits per heavy atom. The molecule has 2 aromatic heterocycles. The molecule has 0 radical (unpaired) electrons. The van der Waals surface area contributed by atoms with Gasteiger partial charge in [0.25, 0.3) is 5.56 Å². The van der Waals surface area contributed by atoms with Crippen LogP contribution in [0.5, 0.6) is 0 Å². The van der Waals surface area contributed by atoms with Gasteiger partial charge in [-0.25, -0.2) is 9.31 Å². The van der Waals surface area contributed by atoms with Crippen LogP contribution in [-0.4, -0.2) is 27.2 Å². The first-order chi connectivity index (χ1) is 8.72. The summed E-state index contributed by atoms with van der Waals surface area (Å²) in [4.78, 5) is 26.3. The van der Waals surface area contributed by atoms with Crippen molar-refractivity contribution in [3.63, 3.8) is 0 Å². The van der Waals surface area contributed by atoms with Gasteiger partial charge in [0.05, 0.1) is 18.5 Å². The number of H-pyrrole nitrogens is 1. The highest BCUT2D eigenvalue weighted by Gasteiger charge is 2.23. The van der Waals surface area contributed by atoms with Gasteiger partial charge in [-0.2, -0.15) is 16.9 Å². The summed E-state index contributed by atoms with van der Waals surface area (Å²) in [7, 11) is 0. The summed E-state index contributed by atoms with van der Waals surface area (Å²) in [5, 5.41) is 4.17. The number of hydrogen-bond donors (Lipinski definition) is 1. The number of nitrogens with one attached hydrogen (secondary N) is 1. The molecule has 18 heavy (non-hydrogen) atoms. The lowest BCUT2D eigenvalue weighted by Crippen LogP contribution is -2.17. The maximum Gasteiger partial charge on any atom is 0.343 e. The quantitative estimate of drug-likeness (QED) is 0.818. The molecule has 0 saturated heterocycles. The second-order valence-electron chi connectivity index (χ2n) is 3.91. The molecule has 1 aliphatic rings. The van der Waals surface area contributed by atoms with Crippen molar-refractivity contribution >= 4 is 23.4 Å². The molecule has 94 valence electrons. The third-order valence-corrected chi connectivity index (χ3v) is 3.83. The van der Waals surface area contributed by atoms with Crippen LogP contribution in [0.2, 0.25) is 0 Å². The van der Waals surface area contributed by atoms with Crippen molar-refractivity contribution in [2.75, 3.05) is 6.61 Å². The normalized spacial score (nSPS) is 13.8. The van der Waals surface area contributed by atoms with Crippen LogP contribution in [0.25, 0.3) is 5.65 Å². The smallest absolute Gasteiger partial charge is 0.343 e. The summed E-state index contributed by atoms with van der Waals surface area (Å²) < 4.78 is 6.56. The molecule has 1 N–H and O–H groups in total. The molecule has 2 aromatic rings. The predicted molar refractivity (Wildman–Crippen MR) is 66.8 cm³/mol. The van der Waals surface area contributed by atoms with Crippen LogP contribution in [0.15, 0.2) is 11.0 Å². The Balaban J connectivity index is 2.24. The lowest BCUT2D eigenvalue weighted by atomic mass is 10.2. The minimum Gasteiger partial charge on any atom is -0.462 e. The molecule has 0 aromatic carbocycles. The van der Waals surface area contributed by atoms with Crippen molar-refractivity contribution in [2.24, 2.45) is 0 Å². The molecule has 0 aliphatic carbocycles. The summed E-state index contributed by atoms with van der Waals surface area (Å²) >= 11 is 1.66. The van der Waals surface area contributed by atoms with E-state index in [2.05, 4.69) is 10.1 Å². The van der Waals surface area contributed by atoms with E-state index in [1.807, 2.05) is 0 Å². The van der Waals surface area contributed by atoms with Crippen molar-refractivity contribution in [1.29, 1.82) is 0 Å². The van der Waals surface area contributed by atoms with E-state index in [-0.39, 0.29) is 5.56 Å². The summed E-state index contributed by atoms with van der Waals surface area (Å²) in [6.07, 6.45) is 1.44. The number of hydrogen-bond acceptors (Lipinski definition) is 5. The van der Waals surface area contributed by atoms with E-state index in [4.69, 9.17) is 4.74 Å². The lowest BCUT2D eigenvalue weighted by Gasteiger charge is -2.03. The third kappa shape index (κ3) is 1.54. The topological polar surface area (TPSA) is 76.5 Å². The highest BCUT2D eigenvalue weighted by Crippen LogP contribution is 2.27. The Bertz CT molecular complexity index is 689. The predicted octanol–water partition coefficient (Wildman–Crippen LogP) is 0.946. The van der Waals surface area contributed by atoms with Gasteiger partial charge < -0.3 is 9.72 Å². The molecule has 6 nitrogen and oxygen atoms in total. The van der Waals surface area contributed by atoms with Gasteiger partial charge in [0, 0.05) is 17.1 Å². The molecular weight excluding hydrogens is 254 g/mol. The third-order valence-electron chi connectivity index (χ3n) is 2.86. The highest BCUT2D eigenvalue weighted by atomic mass is 32.2. The number of carbonyl (C=O) groups excluding carboxylic acids is 1. The molecule has 7 heteroatoms. The summed E-state index contributed by atoms with van der Waals surface area (Å²) in [5.74, 6) is 0.961. The molecule has 3 rings (SSSR count). The molecule has 0 spiro atoms. The zero-order valence-electron chi connectivity index (χ0n) is 9.73. The number of fused-ring (bicyclic) bond motifs is 3. The number of thioether (sulfide) groups is 1. The summed E-state index contributed by atoms with van der Waals surface area (Å²) in [6.45, 7) is 2.03. The average Bonchev–Trinajstić information content (AvgIpc) is 2.94. The molecule has 3 heterocycles. The number of nitrogens with zero attached hydrogens (tertiary/aromatic N) is 2. The monoisotopic (exact) mass is 265 g/mol. The second-order valence-corrected chi connectivity index (χ2v) is 4.90. The number of aromatic amines is 1. The van der Waals surface area contributed by atoms with Gasteiger partial charge in [-0.3, -0.25) is 4.79 Å². The van der Waals surface area contributed by atoms with Crippen molar-refractivity contribution < 1.29 is 9.53 Å². The highest BCUT2D eigenvalue weighted by molar-refractivity contribution is 7.98. The largest absolute Gasteiger partial charge is 0.462 e. The Kier molecular flexibility index (Phi) is 2.62. The second kappa shape index (κ2) is 4.16. The molecule has 1 aliphatic heterocycles. The maximum atomic E-state index is 11.9. The minimum absolute atomic E-state index is 0.145. The van der Waals surface area contributed by atoms with Crippen LogP contribution in [0.1, 0.15) is 28.5 Å². The lowest BCUT2D eigenvalue weighted by molar-refractivity contribution is 0.0528. The van der Waals surface area contributed by atoms with E-state index in [1.165, 1.54) is 6.20 Å². The molecule has 0 fully saturated rings. The first-order valence-electron chi connectivity index (χ1n) is 5.59. The van der Waals surface area contributed by atoms with Crippen LogP contribution in [0.3, 0.4) is 0 Å². The van der Waals surface area contributed by atoms with Gasteiger partial charge in [-0.05, 0) is 6.92 Å². The van der Waals surface area contributed by atoms with Gasteiger partial charge in [0.15, 0.2) is 5.65 Å². The standard InChI is InChI=1S/C11H11N3O3S/c1-2-17-11(16)6-3-12-14-8-5-18-4-7(8)10(15)13-9(6)14/h3H,2,4-5H2,1H3,(H,13,15). The van der Waals surface area contributed by atoms with Crippen LogP contribution in [0.4, 0.5) is 0 Å². The van der Waals surface area contributed by atoms with E-state index < -0.39 is 5.97 Å². The molecule has 0 amide bonds. The van der Waals surface area contributed by atoms with Crippen LogP contribution in [0, 0.1) is 0 Å². The zero-order valence-corrected chi connectivity index (χ0v) is 10.5. The van der Waals surface area contributed by atoms with Gasteiger partial charge >= 0.3 is 5.97 Å². The number of esters is 1. The molecule has 0 atom stereocenters. The fourth-order valence-electron chi connectivity index (χ4n) is 2.02. The van der Waals surface area contributed by atoms with Crippen LogP contribution < -0.4 is 5.56 Å². The van der Waals surface area contributed by atoms with E-state index in [0.29, 0.717) is 23.6 Å². The molecular formula is C11H11N3O3S. The Labute approximate surface area is 106 Å². The van der Waals surface area contributed by atoms with Crippen molar-refractivity contribution in [3.8, 4) is 0 Å². The molecule has 0 saturated carbocycles. The minimum atomic E-state index is -0.464. The maximum absolute atomic E-state index is 11.9. The average molecular weight is 265 g/mol. The number of ether oxygens (including phenoxy) is 1. The van der Waals surface area contributed by atoms with E-state index >= 15 is 0 Å². The SMILES string of the molecule is CCOC(=O)c1cnn2c3c(c(=O)[nH]c12)CSC3. The van der Waals surface area contributed by atoms with Gasteiger partial charge in [0.1, 0.15) is 5.56 Å².